The van der Waals surface area contributed by atoms with E-state index in [-0.39, 0.29) is 11.4 Å². The van der Waals surface area contributed by atoms with E-state index in [1.54, 1.807) is 24.3 Å². The average Bonchev–Trinajstić information content (AvgIpc) is 2.36. The molecule has 0 fully saturated rings. The molecule has 0 aliphatic carbocycles. The SMILES string of the molecule is O=C(O)c1ccc(SCc2cc(F)cc(Br)c2)cc1. The van der Waals surface area contributed by atoms with Crippen LogP contribution < -0.4 is 0 Å². The van der Waals surface area contributed by atoms with E-state index < -0.39 is 5.97 Å². The molecule has 0 aromatic heterocycles. The van der Waals surface area contributed by atoms with Gasteiger partial charge in [0.2, 0.25) is 0 Å². The Labute approximate surface area is 122 Å². The molecule has 0 saturated heterocycles. The second-order valence-electron chi connectivity index (χ2n) is 3.90. The van der Waals surface area contributed by atoms with E-state index in [2.05, 4.69) is 15.9 Å². The number of rotatable bonds is 4. The van der Waals surface area contributed by atoms with E-state index in [0.29, 0.717) is 10.2 Å². The molecule has 0 unspecified atom stereocenters. The maximum absolute atomic E-state index is 13.2. The molecular formula is C14H10BrFO2S. The number of halogens is 2. The zero-order valence-electron chi connectivity index (χ0n) is 9.77. The maximum atomic E-state index is 13.2. The monoisotopic (exact) mass is 340 g/mol. The minimum atomic E-state index is -0.939. The van der Waals surface area contributed by atoms with Gasteiger partial charge in [-0.1, -0.05) is 15.9 Å². The molecule has 1 N–H and O–H groups in total. The molecule has 0 spiro atoms. The number of carboxylic acids is 1. The predicted octanol–water partition coefficient (Wildman–Crippen LogP) is 4.58. The quantitative estimate of drug-likeness (QED) is 0.827. The summed E-state index contributed by atoms with van der Waals surface area (Å²) in [4.78, 5) is 11.7. The van der Waals surface area contributed by atoms with Crippen LogP contribution in [0.2, 0.25) is 0 Å². The van der Waals surface area contributed by atoms with Crippen LogP contribution in [0.5, 0.6) is 0 Å². The maximum Gasteiger partial charge on any atom is 0.335 e. The number of carbonyl (C=O) groups is 1. The van der Waals surface area contributed by atoms with Crippen LogP contribution in [-0.2, 0) is 5.75 Å². The Morgan fingerprint density at radius 2 is 1.89 bits per heavy atom. The molecule has 19 heavy (non-hydrogen) atoms. The second kappa shape index (κ2) is 6.21. The average molecular weight is 341 g/mol. The smallest absolute Gasteiger partial charge is 0.335 e. The van der Waals surface area contributed by atoms with Crippen molar-refractivity contribution in [3.05, 3.63) is 63.9 Å². The number of aromatic carboxylic acids is 1. The first-order valence-corrected chi connectivity index (χ1v) is 7.23. The van der Waals surface area contributed by atoms with Gasteiger partial charge in [0.05, 0.1) is 5.56 Å². The van der Waals surface area contributed by atoms with Crippen molar-refractivity contribution in [3.63, 3.8) is 0 Å². The van der Waals surface area contributed by atoms with E-state index in [1.807, 2.05) is 6.07 Å². The van der Waals surface area contributed by atoms with Gasteiger partial charge < -0.3 is 5.11 Å². The molecule has 2 rings (SSSR count). The minimum Gasteiger partial charge on any atom is -0.478 e. The van der Waals surface area contributed by atoms with Crippen LogP contribution in [0.15, 0.2) is 51.8 Å². The van der Waals surface area contributed by atoms with Crippen molar-refractivity contribution in [3.8, 4) is 0 Å². The lowest BCUT2D eigenvalue weighted by molar-refractivity contribution is 0.0697. The highest BCUT2D eigenvalue weighted by molar-refractivity contribution is 9.10. The van der Waals surface area contributed by atoms with Gasteiger partial charge in [0.25, 0.3) is 0 Å². The van der Waals surface area contributed by atoms with Gasteiger partial charge in [0.1, 0.15) is 5.82 Å². The fraction of sp³-hybridized carbons (Fsp3) is 0.0714. The number of benzene rings is 2. The lowest BCUT2D eigenvalue weighted by Crippen LogP contribution is -1.94. The van der Waals surface area contributed by atoms with Crippen molar-refractivity contribution in [2.75, 3.05) is 0 Å². The zero-order valence-corrected chi connectivity index (χ0v) is 12.2. The number of carboxylic acid groups (broad SMARTS) is 1. The van der Waals surface area contributed by atoms with E-state index in [1.165, 1.54) is 23.9 Å². The summed E-state index contributed by atoms with van der Waals surface area (Å²) in [5.74, 6) is -0.584. The van der Waals surface area contributed by atoms with Crippen molar-refractivity contribution < 1.29 is 14.3 Å². The van der Waals surface area contributed by atoms with Crippen molar-refractivity contribution in [1.82, 2.24) is 0 Å². The van der Waals surface area contributed by atoms with Gasteiger partial charge >= 0.3 is 5.97 Å². The molecule has 0 aliphatic heterocycles. The molecular weight excluding hydrogens is 331 g/mol. The van der Waals surface area contributed by atoms with E-state index in [0.717, 1.165) is 10.5 Å². The molecule has 2 aromatic carbocycles. The highest BCUT2D eigenvalue weighted by Gasteiger charge is 2.03. The van der Waals surface area contributed by atoms with Crippen LogP contribution in [0.1, 0.15) is 15.9 Å². The van der Waals surface area contributed by atoms with Gasteiger partial charge in [0.15, 0.2) is 0 Å². The fourth-order valence-corrected chi connectivity index (χ4v) is 2.90. The Hall–Kier alpha value is -1.33. The Kier molecular flexibility index (Phi) is 4.61. The summed E-state index contributed by atoms with van der Waals surface area (Å²) in [6.07, 6.45) is 0. The van der Waals surface area contributed by atoms with Crippen molar-refractivity contribution in [2.45, 2.75) is 10.6 Å². The summed E-state index contributed by atoms with van der Waals surface area (Å²) in [6.45, 7) is 0. The third kappa shape index (κ3) is 4.08. The first kappa shape index (κ1) is 14.1. The molecule has 0 amide bonds. The summed E-state index contributed by atoms with van der Waals surface area (Å²) >= 11 is 4.78. The standard InChI is InChI=1S/C14H10BrFO2S/c15-11-5-9(6-12(16)7-11)8-19-13-3-1-10(2-4-13)14(17)18/h1-7H,8H2,(H,17,18). The zero-order chi connectivity index (χ0) is 13.8. The Morgan fingerprint density at radius 1 is 1.21 bits per heavy atom. The van der Waals surface area contributed by atoms with Crippen molar-refractivity contribution in [2.24, 2.45) is 0 Å². The molecule has 2 nitrogen and oxygen atoms in total. The van der Waals surface area contributed by atoms with Crippen LogP contribution in [0, 0.1) is 5.82 Å². The number of thioether (sulfide) groups is 1. The topological polar surface area (TPSA) is 37.3 Å². The second-order valence-corrected chi connectivity index (χ2v) is 5.86. The third-order valence-electron chi connectivity index (χ3n) is 2.43. The lowest BCUT2D eigenvalue weighted by Gasteiger charge is -2.04. The molecule has 5 heteroatoms. The van der Waals surface area contributed by atoms with Crippen LogP contribution >= 0.6 is 27.7 Å². The highest BCUT2D eigenvalue weighted by Crippen LogP contribution is 2.25. The molecule has 0 radical (unpaired) electrons. The summed E-state index contributed by atoms with van der Waals surface area (Å²) in [6, 6.07) is 11.4. The molecule has 0 saturated carbocycles. The van der Waals surface area contributed by atoms with Gasteiger partial charge in [-0.2, -0.15) is 0 Å². The fourth-order valence-electron chi connectivity index (χ4n) is 1.55. The van der Waals surface area contributed by atoms with E-state index >= 15 is 0 Å². The largest absolute Gasteiger partial charge is 0.478 e. The Morgan fingerprint density at radius 3 is 2.47 bits per heavy atom. The summed E-state index contributed by atoms with van der Waals surface area (Å²) in [5, 5.41) is 8.79. The van der Waals surface area contributed by atoms with Crippen LogP contribution in [0.3, 0.4) is 0 Å². The van der Waals surface area contributed by atoms with Crippen LogP contribution in [0.4, 0.5) is 4.39 Å². The van der Waals surface area contributed by atoms with E-state index in [9.17, 15) is 9.18 Å². The molecule has 2 aromatic rings. The first-order chi connectivity index (χ1) is 9.04. The number of hydrogen-bond donors (Lipinski definition) is 1. The van der Waals surface area contributed by atoms with Crippen molar-refractivity contribution >= 4 is 33.7 Å². The van der Waals surface area contributed by atoms with Gasteiger partial charge in [-0.3, -0.25) is 0 Å². The molecule has 98 valence electrons. The molecule has 0 heterocycles. The summed E-state index contributed by atoms with van der Waals surface area (Å²) in [7, 11) is 0. The Balaban J connectivity index is 2.03. The van der Waals surface area contributed by atoms with Crippen LogP contribution in [0.25, 0.3) is 0 Å². The van der Waals surface area contributed by atoms with E-state index in [4.69, 9.17) is 5.11 Å². The lowest BCUT2D eigenvalue weighted by atomic mass is 10.2. The van der Waals surface area contributed by atoms with Gasteiger partial charge in [0, 0.05) is 15.1 Å². The van der Waals surface area contributed by atoms with Crippen LogP contribution in [-0.4, -0.2) is 11.1 Å². The van der Waals surface area contributed by atoms with Gasteiger partial charge in [-0.15, -0.1) is 11.8 Å². The normalized spacial score (nSPS) is 10.4. The number of hydrogen-bond acceptors (Lipinski definition) is 2. The third-order valence-corrected chi connectivity index (χ3v) is 3.97. The van der Waals surface area contributed by atoms with Gasteiger partial charge in [-0.25, -0.2) is 9.18 Å². The molecule has 0 aliphatic rings. The summed E-state index contributed by atoms with van der Waals surface area (Å²) in [5.41, 5.74) is 1.14. The molecule has 0 bridgehead atoms. The Bertz CT molecular complexity index is 579. The predicted molar refractivity (Wildman–Crippen MR) is 77.1 cm³/mol. The van der Waals surface area contributed by atoms with Crippen molar-refractivity contribution in [1.29, 1.82) is 0 Å². The molecule has 0 atom stereocenters. The summed E-state index contributed by atoms with van der Waals surface area (Å²) < 4.78 is 13.9. The first-order valence-electron chi connectivity index (χ1n) is 5.46. The highest BCUT2D eigenvalue weighted by atomic mass is 79.9. The van der Waals surface area contributed by atoms with Gasteiger partial charge in [-0.05, 0) is 48.0 Å². The minimum absolute atomic E-state index is 0.262.